The standard InChI is InChI=1S/C33H20ClN3/c34-28-10-5-9-25(19-28)31-35-32(26-16-12-21-6-1-2-8-24(21)18-26)37-33(36-31)27-17-15-23-14-13-22-7-3-4-11-29(22)30(23)20-27/h1-20H. The van der Waals surface area contributed by atoms with Crippen LogP contribution in [0.5, 0.6) is 0 Å². The smallest absolute Gasteiger partial charge is 0.164 e. The molecule has 0 radical (unpaired) electrons. The molecule has 0 saturated heterocycles. The largest absolute Gasteiger partial charge is 0.208 e. The van der Waals surface area contributed by atoms with E-state index in [1.807, 2.05) is 36.4 Å². The molecule has 0 aliphatic rings. The molecule has 174 valence electrons. The zero-order valence-corrected chi connectivity index (χ0v) is 20.5. The lowest BCUT2D eigenvalue weighted by Crippen LogP contribution is -2.00. The van der Waals surface area contributed by atoms with Gasteiger partial charge in [-0.1, -0.05) is 109 Å². The first-order valence-electron chi connectivity index (χ1n) is 12.1. The molecule has 0 aliphatic heterocycles. The van der Waals surface area contributed by atoms with Crippen LogP contribution in [0.2, 0.25) is 5.02 Å². The maximum Gasteiger partial charge on any atom is 0.164 e. The summed E-state index contributed by atoms with van der Waals surface area (Å²) in [6, 6.07) is 41.4. The summed E-state index contributed by atoms with van der Waals surface area (Å²) in [6.07, 6.45) is 0. The molecular weight excluding hydrogens is 474 g/mol. The summed E-state index contributed by atoms with van der Waals surface area (Å²) >= 11 is 6.32. The molecule has 1 aromatic heterocycles. The Morgan fingerprint density at radius 2 is 0.919 bits per heavy atom. The van der Waals surface area contributed by atoms with Crippen LogP contribution in [0.25, 0.3) is 66.5 Å². The molecule has 7 aromatic rings. The van der Waals surface area contributed by atoms with E-state index in [0.29, 0.717) is 22.5 Å². The second-order valence-corrected chi connectivity index (χ2v) is 9.54. The van der Waals surface area contributed by atoms with E-state index in [2.05, 4.69) is 84.9 Å². The van der Waals surface area contributed by atoms with E-state index in [4.69, 9.17) is 26.6 Å². The van der Waals surface area contributed by atoms with Crippen molar-refractivity contribution in [2.45, 2.75) is 0 Å². The van der Waals surface area contributed by atoms with Gasteiger partial charge in [0.2, 0.25) is 0 Å². The van der Waals surface area contributed by atoms with Crippen LogP contribution >= 0.6 is 11.6 Å². The van der Waals surface area contributed by atoms with Gasteiger partial charge in [0, 0.05) is 21.7 Å². The topological polar surface area (TPSA) is 38.7 Å². The molecule has 0 amide bonds. The van der Waals surface area contributed by atoms with Gasteiger partial charge in [-0.15, -0.1) is 0 Å². The van der Waals surface area contributed by atoms with Crippen molar-refractivity contribution in [2.75, 3.05) is 0 Å². The molecule has 37 heavy (non-hydrogen) atoms. The maximum atomic E-state index is 6.32. The van der Waals surface area contributed by atoms with Crippen LogP contribution in [0.15, 0.2) is 121 Å². The Morgan fingerprint density at radius 1 is 0.378 bits per heavy atom. The van der Waals surface area contributed by atoms with E-state index < -0.39 is 0 Å². The normalized spacial score (nSPS) is 11.4. The quantitative estimate of drug-likeness (QED) is 0.230. The molecule has 0 spiro atoms. The summed E-state index contributed by atoms with van der Waals surface area (Å²) in [4.78, 5) is 14.7. The highest BCUT2D eigenvalue weighted by atomic mass is 35.5. The number of halogens is 1. The fraction of sp³-hybridized carbons (Fsp3) is 0. The number of aromatic nitrogens is 3. The van der Waals surface area contributed by atoms with Crippen molar-refractivity contribution in [1.82, 2.24) is 15.0 Å². The molecule has 0 aliphatic carbocycles. The predicted molar refractivity (Wildman–Crippen MR) is 154 cm³/mol. The molecule has 0 fully saturated rings. The van der Waals surface area contributed by atoms with Gasteiger partial charge < -0.3 is 0 Å². The van der Waals surface area contributed by atoms with Gasteiger partial charge in [0.05, 0.1) is 0 Å². The fourth-order valence-corrected chi connectivity index (χ4v) is 5.05. The zero-order chi connectivity index (χ0) is 24.8. The van der Waals surface area contributed by atoms with Gasteiger partial charge in [-0.2, -0.15) is 0 Å². The average molecular weight is 494 g/mol. The van der Waals surface area contributed by atoms with Crippen LogP contribution in [0.3, 0.4) is 0 Å². The Hall–Kier alpha value is -4.60. The predicted octanol–water partition coefficient (Wildman–Crippen LogP) is 8.99. The van der Waals surface area contributed by atoms with E-state index in [9.17, 15) is 0 Å². The first-order chi connectivity index (χ1) is 18.2. The number of nitrogens with zero attached hydrogens (tertiary/aromatic N) is 3. The van der Waals surface area contributed by atoms with E-state index in [0.717, 1.165) is 22.1 Å². The molecular formula is C33H20ClN3. The molecule has 6 aromatic carbocycles. The highest BCUT2D eigenvalue weighted by Gasteiger charge is 2.14. The van der Waals surface area contributed by atoms with Crippen LogP contribution in [-0.4, -0.2) is 15.0 Å². The Bertz CT molecular complexity index is 1960. The SMILES string of the molecule is Clc1cccc(-c2nc(-c3ccc4ccccc4c3)nc(-c3ccc4ccc5ccccc5c4c3)n2)c1. The molecule has 0 saturated carbocycles. The second-order valence-electron chi connectivity index (χ2n) is 9.10. The van der Waals surface area contributed by atoms with Crippen molar-refractivity contribution in [1.29, 1.82) is 0 Å². The van der Waals surface area contributed by atoms with Crippen molar-refractivity contribution in [3.05, 3.63) is 126 Å². The summed E-state index contributed by atoms with van der Waals surface area (Å²) in [6.45, 7) is 0. The third-order valence-corrected chi connectivity index (χ3v) is 6.97. The first kappa shape index (κ1) is 21.7. The number of rotatable bonds is 3. The molecule has 0 atom stereocenters. The lowest BCUT2D eigenvalue weighted by atomic mass is 10.00. The van der Waals surface area contributed by atoms with Crippen molar-refractivity contribution >= 4 is 43.9 Å². The Morgan fingerprint density at radius 3 is 1.65 bits per heavy atom. The molecule has 0 N–H and O–H groups in total. The molecule has 4 heteroatoms. The third kappa shape index (κ3) is 4.00. The van der Waals surface area contributed by atoms with E-state index in [1.54, 1.807) is 0 Å². The minimum Gasteiger partial charge on any atom is -0.208 e. The molecule has 0 unspecified atom stereocenters. The van der Waals surface area contributed by atoms with Crippen LogP contribution in [-0.2, 0) is 0 Å². The van der Waals surface area contributed by atoms with Gasteiger partial charge in [-0.3, -0.25) is 0 Å². The summed E-state index contributed by atoms with van der Waals surface area (Å²) < 4.78 is 0. The minimum absolute atomic E-state index is 0.591. The third-order valence-electron chi connectivity index (χ3n) is 6.73. The van der Waals surface area contributed by atoms with Crippen LogP contribution in [0, 0.1) is 0 Å². The summed E-state index contributed by atoms with van der Waals surface area (Å²) in [7, 11) is 0. The van der Waals surface area contributed by atoms with Crippen LogP contribution < -0.4 is 0 Å². The zero-order valence-electron chi connectivity index (χ0n) is 19.8. The molecule has 1 heterocycles. The van der Waals surface area contributed by atoms with Crippen LogP contribution in [0.4, 0.5) is 0 Å². The summed E-state index contributed by atoms with van der Waals surface area (Å²) in [5.41, 5.74) is 2.73. The fourth-order valence-electron chi connectivity index (χ4n) is 4.86. The Kier molecular flexibility index (Phi) is 5.16. The Labute approximate surface area is 219 Å². The minimum atomic E-state index is 0.591. The number of benzene rings is 6. The van der Waals surface area contributed by atoms with E-state index in [-0.39, 0.29) is 0 Å². The average Bonchev–Trinajstić information content (AvgIpc) is 2.96. The lowest BCUT2D eigenvalue weighted by molar-refractivity contribution is 1.08. The molecule has 0 bridgehead atoms. The summed E-state index contributed by atoms with van der Waals surface area (Å²) in [5, 5.41) is 7.73. The van der Waals surface area contributed by atoms with Gasteiger partial charge in [0.25, 0.3) is 0 Å². The monoisotopic (exact) mass is 493 g/mol. The van der Waals surface area contributed by atoms with Gasteiger partial charge in [0.1, 0.15) is 0 Å². The van der Waals surface area contributed by atoms with Crippen molar-refractivity contribution in [3.8, 4) is 34.2 Å². The molecule has 7 rings (SSSR count). The van der Waals surface area contributed by atoms with Crippen molar-refractivity contribution in [3.63, 3.8) is 0 Å². The highest BCUT2D eigenvalue weighted by molar-refractivity contribution is 6.30. The maximum absolute atomic E-state index is 6.32. The van der Waals surface area contributed by atoms with Gasteiger partial charge >= 0.3 is 0 Å². The van der Waals surface area contributed by atoms with Crippen LogP contribution in [0.1, 0.15) is 0 Å². The highest BCUT2D eigenvalue weighted by Crippen LogP contribution is 2.31. The summed E-state index contributed by atoms with van der Waals surface area (Å²) in [5.74, 6) is 1.85. The van der Waals surface area contributed by atoms with Gasteiger partial charge in [0.15, 0.2) is 17.5 Å². The van der Waals surface area contributed by atoms with Crippen molar-refractivity contribution in [2.24, 2.45) is 0 Å². The number of hydrogen-bond acceptors (Lipinski definition) is 3. The van der Waals surface area contributed by atoms with Gasteiger partial charge in [-0.25, -0.2) is 15.0 Å². The second kappa shape index (κ2) is 8.81. The van der Waals surface area contributed by atoms with E-state index >= 15 is 0 Å². The number of fused-ring (bicyclic) bond motifs is 4. The first-order valence-corrected chi connectivity index (χ1v) is 12.5. The van der Waals surface area contributed by atoms with Crippen molar-refractivity contribution < 1.29 is 0 Å². The van der Waals surface area contributed by atoms with Gasteiger partial charge in [-0.05, 0) is 56.6 Å². The molecule has 3 nitrogen and oxygen atoms in total. The van der Waals surface area contributed by atoms with E-state index in [1.165, 1.54) is 26.9 Å². The lowest BCUT2D eigenvalue weighted by Gasteiger charge is -2.10. The Balaban J connectivity index is 1.46. The number of hydrogen-bond donors (Lipinski definition) is 0.